The van der Waals surface area contributed by atoms with Gasteiger partial charge in [-0.2, -0.15) is 0 Å². The zero-order valence-electron chi connectivity index (χ0n) is 11.4. The molecule has 0 bridgehead atoms. The van der Waals surface area contributed by atoms with E-state index in [0.717, 1.165) is 0 Å². The Morgan fingerprint density at radius 1 is 0.800 bits per heavy atom. The van der Waals surface area contributed by atoms with Gasteiger partial charge in [0.05, 0.1) is 0 Å². The van der Waals surface area contributed by atoms with Crippen molar-refractivity contribution in [3.8, 4) is 0 Å². The van der Waals surface area contributed by atoms with Crippen molar-refractivity contribution < 1.29 is 13.3 Å². The third-order valence-electron chi connectivity index (χ3n) is 2.84. The maximum absolute atomic E-state index is 4.93. The zero-order chi connectivity index (χ0) is 12.3. The van der Waals surface area contributed by atoms with E-state index >= 15 is 0 Å². The Morgan fingerprint density at radius 3 is 1.07 bits per heavy atom. The monoisotopic (exact) mass is 250 g/mol. The average molecular weight is 250 g/mol. The van der Waals surface area contributed by atoms with Crippen LogP contribution in [0.15, 0.2) is 0 Å². The molecule has 0 aromatic carbocycles. The lowest BCUT2D eigenvalue weighted by Crippen LogP contribution is -2.38. The molecule has 0 radical (unpaired) electrons. The van der Waals surface area contributed by atoms with E-state index < -0.39 is 8.80 Å². The molecule has 0 aromatic rings. The minimum absolute atomic E-state index is 0.171. The summed E-state index contributed by atoms with van der Waals surface area (Å²) in [5.41, 5.74) is 0. The van der Waals surface area contributed by atoms with Crippen LogP contribution in [0.4, 0.5) is 0 Å². The van der Waals surface area contributed by atoms with Crippen LogP contribution in [0.2, 0.25) is 22.4 Å². The molecule has 0 aliphatic heterocycles. The van der Waals surface area contributed by atoms with E-state index in [1.165, 1.54) is 15.8 Å². The van der Waals surface area contributed by atoms with Gasteiger partial charge in [-0.15, -0.1) is 0 Å². The first-order chi connectivity index (χ1) is 7.03. The summed E-state index contributed by atoms with van der Waals surface area (Å²) in [6.07, 6.45) is 0. The quantitative estimate of drug-likeness (QED) is 0.678. The Kier molecular flexibility index (Phi) is 13.4. The molecule has 5 heteroatoms. The Balaban J connectivity index is 0. The molecule has 3 nitrogen and oxygen atoms in total. The highest BCUT2D eigenvalue weighted by Gasteiger charge is 2.29. The van der Waals surface area contributed by atoms with Crippen molar-refractivity contribution in [2.75, 3.05) is 21.3 Å². The van der Waals surface area contributed by atoms with E-state index in [0.29, 0.717) is 0 Å². The van der Waals surface area contributed by atoms with Gasteiger partial charge in [0.25, 0.3) is 14.1 Å². The van der Waals surface area contributed by atoms with Crippen LogP contribution < -0.4 is 0 Å². The predicted molar refractivity (Wildman–Crippen MR) is 69.8 cm³/mol. The van der Waals surface area contributed by atoms with E-state index in [9.17, 15) is 0 Å². The molecule has 0 unspecified atom stereocenters. The lowest BCUT2D eigenvalue weighted by molar-refractivity contribution is 0.132. The molecule has 0 aliphatic carbocycles. The van der Waals surface area contributed by atoms with Gasteiger partial charge >= 0.3 is 8.80 Å². The molecule has 92 valence electrons. The molecular weight excluding hydrogens is 223 g/mol. The lowest BCUT2D eigenvalue weighted by Gasteiger charge is -2.18. The van der Waals surface area contributed by atoms with Gasteiger partial charge in [0, 0.05) is 27.9 Å². The Labute approximate surface area is 101 Å². The van der Waals surface area contributed by atoms with E-state index in [1.807, 2.05) is 6.55 Å². The summed E-state index contributed by atoms with van der Waals surface area (Å²) in [5, 5.41) is 4.48. The summed E-state index contributed by atoms with van der Waals surface area (Å²) in [6, 6.07) is 0. The minimum atomic E-state index is -2.17. The zero-order valence-corrected chi connectivity index (χ0v) is 13.6. The van der Waals surface area contributed by atoms with Crippen LogP contribution in [0.25, 0.3) is 0 Å². The van der Waals surface area contributed by atoms with Gasteiger partial charge < -0.3 is 13.3 Å². The van der Waals surface area contributed by atoms with Crippen LogP contribution in [0, 0.1) is 0 Å². The molecule has 0 fully saturated rings. The Morgan fingerprint density at radius 2 is 1.07 bits per heavy atom. The van der Waals surface area contributed by atoms with Gasteiger partial charge in [-0.05, 0) is 0 Å². The second-order valence-electron chi connectivity index (χ2n) is 3.57. The molecule has 0 saturated carbocycles. The van der Waals surface area contributed by atoms with Crippen LogP contribution in [0.5, 0.6) is 0 Å². The first-order valence-electron chi connectivity index (χ1n) is 5.68. The van der Waals surface area contributed by atoms with Crippen molar-refractivity contribution in [1.82, 2.24) is 0 Å². The molecule has 15 heavy (non-hydrogen) atoms. The number of rotatable bonds is 6. The maximum Gasteiger partial charge on any atom is 0.496 e. The standard InChI is InChI=1S/C4H12O3Si.3C2H5.Al/c1-5-8(4,6-2)7-3;3*1-2;/h1-4H3;3*1H2,2H3;. The van der Waals surface area contributed by atoms with Gasteiger partial charge in [0.2, 0.25) is 0 Å². The van der Waals surface area contributed by atoms with Gasteiger partial charge in [0.15, 0.2) is 0 Å². The molecular formula is C10H27AlO3Si. The highest BCUT2D eigenvalue weighted by atomic mass is 28.4. The second-order valence-corrected chi connectivity index (χ2v) is 10.7. The maximum atomic E-state index is 4.93. The molecule has 0 saturated heterocycles. The average Bonchev–Trinajstić information content (AvgIpc) is 2.31. The highest BCUT2D eigenvalue weighted by Crippen LogP contribution is 2.02. The number of hydrogen-bond donors (Lipinski definition) is 0. The minimum Gasteiger partial charge on any atom is -0.377 e. The third kappa shape index (κ3) is 9.55. The largest absolute Gasteiger partial charge is 0.496 e. The van der Waals surface area contributed by atoms with Crippen LogP contribution >= 0.6 is 0 Å². The smallest absolute Gasteiger partial charge is 0.377 e. The van der Waals surface area contributed by atoms with E-state index in [4.69, 9.17) is 13.3 Å². The SMILES string of the molecule is CO[Si](C)(OC)OC.C[CH2][Al]([CH2]C)[CH2]C. The fraction of sp³-hybridized carbons (Fsp3) is 1.00. The molecule has 0 aliphatic rings. The van der Waals surface area contributed by atoms with E-state index in [-0.39, 0.29) is 14.1 Å². The Hall–Kier alpha value is 0.629. The van der Waals surface area contributed by atoms with E-state index in [2.05, 4.69) is 20.8 Å². The van der Waals surface area contributed by atoms with Crippen molar-refractivity contribution in [3.63, 3.8) is 0 Å². The molecule has 0 N–H and O–H groups in total. The van der Waals surface area contributed by atoms with Crippen molar-refractivity contribution in [2.24, 2.45) is 0 Å². The fourth-order valence-corrected chi connectivity index (χ4v) is 3.35. The van der Waals surface area contributed by atoms with Crippen molar-refractivity contribution in [1.29, 1.82) is 0 Å². The number of hydrogen-bond acceptors (Lipinski definition) is 3. The van der Waals surface area contributed by atoms with Crippen molar-refractivity contribution >= 4 is 23.0 Å². The summed E-state index contributed by atoms with van der Waals surface area (Å²) in [6.45, 7) is 8.80. The molecule has 0 rings (SSSR count). The fourth-order valence-electron chi connectivity index (χ4n) is 1.12. The summed E-state index contributed by atoms with van der Waals surface area (Å²) in [5.74, 6) is 0. The van der Waals surface area contributed by atoms with Gasteiger partial charge in [0.1, 0.15) is 0 Å². The lowest BCUT2D eigenvalue weighted by atomic mass is 10.9. The van der Waals surface area contributed by atoms with Crippen LogP contribution in [-0.4, -0.2) is 44.3 Å². The first-order valence-corrected chi connectivity index (χ1v) is 10.4. The van der Waals surface area contributed by atoms with Crippen molar-refractivity contribution in [3.05, 3.63) is 0 Å². The highest BCUT2D eigenvalue weighted by molar-refractivity contribution is 6.59. The van der Waals surface area contributed by atoms with Gasteiger partial charge in [-0.3, -0.25) is 0 Å². The normalized spacial score (nSPS) is 10.6. The molecule has 0 aromatic heterocycles. The molecule has 0 amide bonds. The van der Waals surface area contributed by atoms with Crippen LogP contribution in [0.1, 0.15) is 20.8 Å². The summed E-state index contributed by atoms with van der Waals surface area (Å²) >= 11 is -0.171. The predicted octanol–water partition coefficient (Wildman–Crippen LogP) is 3.04. The van der Waals surface area contributed by atoms with Gasteiger partial charge in [-0.1, -0.05) is 36.6 Å². The summed E-state index contributed by atoms with van der Waals surface area (Å²) < 4.78 is 14.8. The first kappa shape index (κ1) is 18.0. The third-order valence-corrected chi connectivity index (χ3v) is 8.53. The van der Waals surface area contributed by atoms with E-state index in [1.54, 1.807) is 21.3 Å². The second kappa shape index (κ2) is 11.1. The Bertz CT molecular complexity index is 114. The topological polar surface area (TPSA) is 27.7 Å². The van der Waals surface area contributed by atoms with Crippen LogP contribution in [0.3, 0.4) is 0 Å². The van der Waals surface area contributed by atoms with Gasteiger partial charge in [-0.25, -0.2) is 0 Å². The van der Waals surface area contributed by atoms with Crippen molar-refractivity contribution in [2.45, 2.75) is 43.2 Å². The summed E-state index contributed by atoms with van der Waals surface area (Å²) in [4.78, 5) is 0. The molecule has 0 atom stereocenters. The summed E-state index contributed by atoms with van der Waals surface area (Å²) in [7, 11) is 2.58. The molecule has 0 spiro atoms. The molecule has 0 heterocycles. The van der Waals surface area contributed by atoms with Crippen LogP contribution in [-0.2, 0) is 13.3 Å².